The van der Waals surface area contributed by atoms with Gasteiger partial charge in [0.05, 0.1) is 0 Å². The maximum Gasteiger partial charge on any atom is 0.120 e. The van der Waals surface area contributed by atoms with Crippen molar-refractivity contribution in [3.63, 3.8) is 0 Å². The van der Waals surface area contributed by atoms with E-state index in [4.69, 9.17) is 16.3 Å². The number of unbranched alkanes of at least 4 members (excludes halogenated alkanes) is 1. The van der Waals surface area contributed by atoms with E-state index in [0.29, 0.717) is 6.07 Å². The van der Waals surface area contributed by atoms with E-state index < -0.39 is 0 Å². The van der Waals surface area contributed by atoms with Crippen LogP contribution < -0.4 is 0 Å². The van der Waals surface area contributed by atoms with Crippen LogP contribution >= 0.6 is 11.6 Å². The summed E-state index contributed by atoms with van der Waals surface area (Å²) >= 11 is 5.41. The lowest BCUT2D eigenvalue weighted by molar-refractivity contribution is 0.170. The van der Waals surface area contributed by atoms with E-state index in [-0.39, 0.29) is 0 Å². The third-order valence-corrected chi connectivity index (χ3v) is 3.11. The lowest BCUT2D eigenvalue weighted by atomic mass is 9.86. The molecule has 0 atom stereocenters. The van der Waals surface area contributed by atoms with Crippen LogP contribution in [0.3, 0.4) is 0 Å². The van der Waals surface area contributed by atoms with Crippen LogP contribution in [0.5, 0.6) is 0 Å². The van der Waals surface area contributed by atoms with E-state index in [1.54, 1.807) is 0 Å². The van der Waals surface area contributed by atoms with Gasteiger partial charge in [-0.3, -0.25) is 0 Å². The average Bonchev–Trinajstić information content (AvgIpc) is 2.19. The second kappa shape index (κ2) is 7.64. The first kappa shape index (κ1) is 11.3. The van der Waals surface area contributed by atoms with Gasteiger partial charge < -0.3 is 4.74 Å². The topological polar surface area (TPSA) is 9.23 Å². The first-order chi connectivity index (χ1) is 6.43. The molecule has 0 aliphatic heterocycles. The number of ether oxygens (including phenoxy) is 1. The molecule has 1 fully saturated rings. The summed E-state index contributed by atoms with van der Waals surface area (Å²) in [4.78, 5) is 0. The Hall–Kier alpha value is 0.250. The van der Waals surface area contributed by atoms with Gasteiger partial charge in [-0.25, -0.2) is 0 Å². The Bertz CT molecular complexity index is 111. The highest BCUT2D eigenvalue weighted by atomic mass is 35.5. The molecule has 0 aromatic carbocycles. The van der Waals surface area contributed by atoms with Gasteiger partial charge in [0.15, 0.2) is 0 Å². The van der Waals surface area contributed by atoms with Crippen LogP contribution in [0.15, 0.2) is 0 Å². The number of rotatable bonds is 6. The molecule has 0 aromatic heterocycles. The third kappa shape index (κ3) is 5.53. The molecule has 0 aromatic rings. The van der Waals surface area contributed by atoms with Gasteiger partial charge in [0.2, 0.25) is 0 Å². The summed E-state index contributed by atoms with van der Waals surface area (Å²) in [7, 11) is 0. The fraction of sp³-hybridized carbons (Fsp3) is 1.00. The molecule has 0 spiro atoms. The van der Waals surface area contributed by atoms with Crippen molar-refractivity contribution in [3.05, 3.63) is 0 Å². The van der Waals surface area contributed by atoms with Gasteiger partial charge in [0.1, 0.15) is 6.07 Å². The molecule has 0 heterocycles. The predicted molar refractivity (Wildman–Crippen MR) is 57.1 cm³/mol. The van der Waals surface area contributed by atoms with Crippen LogP contribution in [0.25, 0.3) is 0 Å². The van der Waals surface area contributed by atoms with Crippen molar-refractivity contribution in [1.82, 2.24) is 0 Å². The molecule has 0 saturated heterocycles. The minimum absolute atomic E-state index is 0.351. The van der Waals surface area contributed by atoms with Gasteiger partial charge in [-0.05, 0) is 12.3 Å². The molecule has 0 amide bonds. The zero-order chi connectivity index (χ0) is 9.36. The second-order valence-corrected chi connectivity index (χ2v) is 4.24. The Labute approximate surface area is 86.8 Å². The Morgan fingerprint density at radius 3 is 2.54 bits per heavy atom. The fourth-order valence-corrected chi connectivity index (χ4v) is 2.28. The van der Waals surface area contributed by atoms with E-state index in [2.05, 4.69) is 0 Å². The Morgan fingerprint density at radius 2 is 1.85 bits per heavy atom. The molecular weight excluding hydrogens is 184 g/mol. The van der Waals surface area contributed by atoms with E-state index in [9.17, 15) is 0 Å². The molecule has 1 saturated carbocycles. The molecular formula is C11H21ClO. The lowest BCUT2D eigenvalue weighted by Gasteiger charge is -2.21. The Kier molecular flexibility index (Phi) is 6.65. The molecule has 0 radical (unpaired) electrons. The summed E-state index contributed by atoms with van der Waals surface area (Å²) in [5, 5.41) is 0. The van der Waals surface area contributed by atoms with Crippen LogP contribution in [0, 0.1) is 5.92 Å². The lowest BCUT2D eigenvalue weighted by Crippen LogP contribution is -2.06. The Balaban J connectivity index is 1.86. The Morgan fingerprint density at radius 1 is 1.08 bits per heavy atom. The largest absolute Gasteiger partial charge is 0.366 e. The van der Waals surface area contributed by atoms with Crippen molar-refractivity contribution >= 4 is 11.6 Å². The van der Waals surface area contributed by atoms with Crippen LogP contribution in [0.2, 0.25) is 0 Å². The molecule has 1 rings (SSSR count). The van der Waals surface area contributed by atoms with Gasteiger partial charge in [0.25, 0.3) is 0 Å². The number of halogens is 1. The number of hydrogen-bond acceptors (Lipinski definition) is 1. The summed E-state index contributed by atoms with van der Waals surface area (Å²) < 4.78 is 5.09. The van der Waals surface area contributed by atoms with Crippen LogP contribution in [-0.4, -0.2) is 12.7 Å². The van der Waals surface area contributed by atoms with Gasteiger partial charge in [0, 0.05) is 6.61 Å². The summed E-state index contributed by atoms with van der Waals surface area (Å²) in [6.45, 7) is 0.843. The van der Waals surface area contributed by atoms with Crippen molar-refractivity contribution in [2.45, 2.75) is 51.4 Å². The van der Waals surface area contributed by atoms with E-state index in [1.807, 2.05) is 0 Å². The molecule has 1 aliphatic carbocycles. The van der Waals surface area contributed by atoms with Crippen LogP contribution in [0.1, 0.15) is 51.4 Å². The summed E-state index contributed by atoms with van der Waals surface area (Å²) in [5.74, 6) is 1.02. The SMILES string of the molecule is ClCOCCCCC1CCCCC1. The van der Waals surface area contributed by atoms with Crippen LogP contribution in [-0.2, 0) is 4.74 Å². The van der Waals surface area contributed by atoms with E-state index in [0.717, 1.165) is 12.5 Å². The monoisotopic (exact) mass is 204 g/mol. The normalized spacial score (nSPS) is 19.2. The highest BCUT2D eigenvalue weighted by molar-refractivity contribution is 6.17. The van der Waals surface area contributed by atoms with Gasteiger partial charge in [-0.1, -0.05) is 56.5 Å². The smallest absolute Gasteiger partial charge is 0.120 e. The van der Waals surface area contributed by atoms with Crippen molar-refractivity contribution in [2.24, 2.45) is 5.92 Å². The molecule has 1 aliphatic rings. The maximum atomic E-state index is 5.41. The van der Waals surface area contributed by atoms with Crippen LogP contribution in [0.4, 0.5) is 0 Å². The quantitative estimate of drug-likeness (QED) is 0.470. The predicted octanol–water partition coefficient (Wildman–Crippen LogP) is 3.95. The van der Waals surface area contributed by atoms with Gasteiger partial charge in [-0.2, -0.15) is 0 Å². The van der Waals surface area contributed by atoms with E-state index in [1.165, 1.54) is 51.4 Å². The number of hydrogen-bond donors (Lipinski definition) is 0. The van der Waals surface area contributed by atoms with Crippen molar-refractivity contribution in [2.75, 3.05) is 12.7 Å². The molecule has 13 heavy (non-hydrogen) atoms. The van der Waals surface area contributed by atoms with Crippen molar-refractivity contribution < 1.29 is 4.74 Å². The second-order valence-electron chi connectivity index (χ2n) is 4.02. The summed E-state index contributed by atoms with van der Waals surface area (Å²) in [5.41, 5.74) is 0. The number of alkyl halides is 1. The highest BCUT2D eigenvalue weighted by Crippen LogP contribution is 2.27. The third-order valence-electron chi connectivity index (χ3n) is 2.95. The fourth-order valence-electron chi connectivity index (χ4n) is 2.17. The minimum atomic E-state index is 0.351. The standard InChI is InChI=1S/C11H21ClO/c12-10-13-9-5-4-8-11-6-2-1-3-7-11/h11H,1-10H2. The van der Waals surface area contributed by atoms with E-state index >= 15 is 0 Å². The summed E-state index contributed by atoms with van der Waals surface area (Å²) in [6, 6.07) is 0.351. The molecule has 0 bridgehead atoms. The van der Waals surface area contributed by atoms with Gasteiger partial charge >= 0.3 is 0 Å². The van der Waals surface area contributed by atoms with Crippen molar-refractivity contribution in [1.29, 1.82) is 0 Å². The molecule has 0 N–H and O–H groups in total. The van der Waals surface area contributed by atoms with Gasteiger partial charge in [-0.15, -0.1) is 0 Å². The molecule has 1 nitrogen and oxygen atoms in total. The zero-order valence-electron chi connectivity index (χ0n) is 8.43. The summed E-state index contributed by atoms with van der Waals surface area (Å²) in [6.07, 6.45) is 11.2. The first-order valence-electron chi connectivity index (χ1n) is 5.57. The minimum Gasteiger partial charge on any atom is -0.366 e. The molecule has 78 valence electrons. The van der Waals surface area contributed by atoms with Crippen molar-refractivity contribution in [3.8, 4) is 0 Å². The average molecular weight is 205 g/mol. The molecule has 0 unspecified atom stereocenters. The molecule has 2 heteroatoms. The zero-order valence-corrected chi connectivity index (χ0v) is 9.19. The highest BCUT2D eigenvalue weighted by Gasteiger charge is 2.12. The first-order valence-corrected chi connectivity index (χ1v) is 6.10. The maximum absolute atomic E-state index is 5.41.